The van der Waals surface area contributed by atoms with Gasteiger partial charge in [-0.1, -0.05) is 18.2 Å². The molecule has 4 heteroatoms. The maximum Gasteiger partial charge on any atom is 0.261 e. The summed E-state index contributed by atoms with van der Waals surface area (Å²) in [6.07, 6.45) is 0.435. The van der Waals surface area contributed by atoms with Crippen molar-refractivity contribution >= 4 is 11.7 Å². The van der Waals surface area contributed by atoms with E-state index >= 15 is 0 Å². The molecule has 96 valence electrons. The lowest BCUT2D eigenvalue weighted by molar-refractivity contribution is -0.140. The summed E-state index contributed by atoms with van der Waals surface area (Å²) in [5, 5.41) is 0. The number of nitrogens with zero attached hydrogens (tertiary/aromatic N) is 1. The molecule has 2 rings (SSSR count). The lowest BCUT2D eigenvalue weighted by atomic mass is 10.0. The smallest absolute Gasteiger partial charge is 0.261 e. The number of Topliss-reactive ketones (excluding diaryl/α,β-unsaturated/α-hetero) is 1. The highest BCUT2D eigenvalue weighted by Gasteiger charge is 2.42. The number of amides is 1. The fourth-order valence-electron chi connectivity index (χ4n) is 2.13. The van der Waals surface area contributed by atoms with E-state index in [1.807, 2.05) is 18.2 Å². The Hall–Kier alpha value is -1.84. The van der Waals surface area contributed by atoms with Crippen LogP contribution in [0.2, 0.25) is 0 Å². The van der Waals surface area contributed by atoms with E-state index < -0.39 is 5.54 Å². The molecule has 1 heterocycles. The van der Waals surface area contributed by atoms with Crippen LogP contribution in [0.1, 0.15) is 20.3 Å². The fourth-order valence-corrected chi connectivity index (χ4v) is 2.13. The van der Waals surface area contributed by atoms with Gasteiger partial charge >= 0.3 is 0 Å². The highest BCUT2D eigenvalue weighted by atomic mass is 16.5. The Morgan fingerprint density at radius 3 is 2.56 bits per heavy atom. The first-order chi connectivity index (χ1) is 8.51. The van der Waals surface area contributed by atoms with Crippen LogP contribution < -0.4 is 4.74 Å². The second kappa shape index (κ2) is 4.80. The first-order valence-electron chi connectivity index (χ1n) is 6.03. The molecule has 0 spiro atoms. The van der Waals surface area contributed by atoms with Gasteiger partial charge in [-0.15, -0.1) is 0 Å². The minimum Gasteiger partial charge on any atom is -0.484 e. The quantitative estimate of drug-likeness (QED) is 0.815. The van der Waals surface area contributed by atoms with Crippen LogP contribution >= 0.6 is 0 Å². The molecule has 1 fully saturated rings. The fraction of sp³-hybridized carbons (Fsp3) is 0.429. The average Bonchev–Trinajstić information content (AvgIpc) is 2.63. The molecule has 0 atom stereocenters. The second-order valence-corrected chi connectivity index (χ2v) is 4.88. The predicted octanol–water partition coefficient (Wildman–Crippen LogP) is 1.65. The number of likely N-dealkylation sites (tertiary alicyclic amines) is 1. The third-order valence-corrected chi connectivity index (χ3v) is 3.33. The van der Waals surface area contributed by atoms with Gasteiger partial charge in [-0.25, -0.2) is 0 Å². The molecular formula is C14H17NO3. The van der Waals surface area contributed by atoms with Gasteiger partial charge in [0.15, 0.2) is 12.4 Å². The topological polar surface area (TPSA) is 46.6 Å². The first-order valence-corrected chi connectivity index (χ1v) is 6.03. The molecule has 1 aromatic carbocycles. The number of benzene rings is 1. The largest absolute Gasteiger partial charge is 0.484 e. The molecule has 0 unspecified atom stereocenters. The third kappa shape index (κ3) is 2.37. The van der Waals surface area contributed by atoms with E-state index in [4.69, 9.17) is 4.74 Å². The van der Waals surface area contributed by atoms with Crippen LogP contribution in [0.25, 0.3) is 0 Å². The Morgan fingerprint density at radius 1 is 1.33 bits per heavy atom. The number of ketones is 1. The maximum atomic E-state index is 12.0. The Labute approximate surface area is 107 Å². The zero-order valence-corrected chi connectivity index (χ0v) is 10.7. The second-order valence-electron chi connectivity index (χ2n) is 4.88. The lowest BCUT2D eigenvalue weighted by Crippen LogP contribution is -2.48. The van der Waals surface area contributed by atoms with Crippen LogP contribution in [0.15, 0.2) is 30.3 Å². The van der Waals surface area contributed by atoms with Crippen molar-refractivity contribution in [2.24, 2.45) is 0 Å². The number of hydrogen-bond acceptors (Lipinski definition) is 3. The van der Waals surface area contributed by atoms with Crippen molar-refractivity contribution in [3.63, 3.8) is 0 Å². The summed E-state index contributed by atoms with van der Waals surface area (Å²) in [6.45, 7) is 4.02. The molecule has 0 N–H and O–H groups in total. The van der Waals surface area contributed by atoms with Crippen molar-refractivity contribution in [2.45, 2.75) is 25.8 Å². The molecule has 1 saturated heterocycles. The summed E-state index contributed by atoms with van der Waals surface area (Å²) in [5.74, 6) is 0.624. The van der Waals surface area contributed by atoms with E-state index in [-0.39, 0.29) is 18.3 Å². The number of carbonyl (C=O) groups excluding carboxylic acids is 2. The number of hydrogen-bond donors (Lipinski definition) is 0. The lowest BCUT2D eigenvalue weighted by Gasteiger charge is -2.29. The van der Waals surface area contributed by atoms with Gasteiger partial charge in [0, 0.05) is 13.0 Å². The Bertz CT molecular complexity index is 453. The van der Waals surface area contributed by atoms with Gasteiger partial charge in [0.25, 0.3) is 5.91 Å². The third-order valence-electron chi connectivity index (χ3n) is 3.33. The van der Waals surface area contributed by atoms with Crippen LogP contribution in [0.4, 0.5) is 0 Å². The Morgan fingerprint density at radius 2 is 2.00 bits per heavy atom. The normalized spacial score (nSPS) is 17.9. The van der Waals surface area contributed by atoms with Gasteiger partial charge in [0.2, 0.25) is 0 Å². The average molecular weight is 247 g/mol. The van der Waals surface area contributed by atoms with Gasteiger partial charge in [-0.2, -0.15) is 0 Å². The maximum absolute atomic E-state index is 12.0. The molecule has 4 nitrogen and oxygen atoms in total. The Kier molecular flexibility index (Phi) is 3.36. The zero-order valence-electron chi connectivity index (χ0n) is 10.7. The SMILES string of the molecule is CC1(C)C(=O)CCN1C(=O)COc1ccccc1. The van der Waals surface area contributed by atoms with Crippen molar-refractivity contribution in [1.82, 2.24) is 4.90 Å². The Balaban J connectivity index is 1.95. The summed E-state index contributed by atoms with van der Waals surface area (Å²) in [5.41, 5.74) is -0.697. The van der Waals surface area contributed by atoms with Gasteiger partial charge in [0.05, 0.1) is 5.54 Å². The van der Waals surface area contributed by atoms with E-state index in [9.17, 15) is 9.59 Å². The van der Waals surface area contributed by atoms with E-state index in [1.165, 1.54) is 0 Å². The summed E-state index contributed by atoms with van der Waals surface area (Å²) >= 11 is 0. The minimum atomic E-state index is -0.697. The van der Waals surface area contributed by atoms with E-state index in [0.29, 0.717) is 18.7 Å². The summed E-state index contributed by atoms with van der Waals surface area (Å²) < 4.78 is 5.41. The molecule has 1 aliphatic rings. The molecule has 18 heavy (non-hydrogen) atoms. The minimum absolute atomic E-state index is 0.0271. The van der Waals surface area contributed by atoms with Crippen molar-refractivity contribution in [3.05, 3.63) is 30.3 Å². The van der Waals surface area contributed by atoms with Crippen molar-refractivity contribution in [2.75, 3.05) is 13.2 Å². The standard InChI is InChI=1S/C14H17NO3/c1-14(2)12(16)8-9-15(14)13(17)10-18-11-6-4-3-5-7-11/h3-7H,8-10H2,1-2H3. The van der Waals surface area contributed by atoms with Gasteiger partial charge in [-0.3, -0.25) is 9.59 Å². The van der Waals surface area contributed by atoms with Crippen molar-refractivity contribution < 1.29 is 14.3 Å². The summed E-state index contributed by atoms with van der Waals surface area (Å²) in [6, 6.07) is 9.18. The number of carbonyl (C=O) groups is 2. The predicted molar refractivity (Wildman–Crippen MR) is 67.4 cm³/mol. The number of rotatable bonds is 3. The molecule has 0 aromatic heterocycles. The zero-order chi connectivity index (χ0) is 13.2. The van der Waals surface area contributed by atoms with Crippen LogP contribution in [0, 0.1) is 0 Å². The molecule has 0 radical (unpaired) electrons. The van der Waals surface area contributed by atoms with Gasteiger partial charge < -0.3 is 9.64 Å². The first kappa shape index (κ1) is 12.6. The van der Waals surface area contributed by atoms with E-state index in [2.05, 4.69) is 0 Å². The summed E-state index contributed by atoms with van der Waals surface area (Å²) in [4.78, 5) is 25.3. The monoisotopic (exact) mass is 247 g/mol. The van der Waals surface area contributed by atoms with Gasteiger partial charge in [0.1, 0.15) is 5.75 Å². The molecule has 0 aliphatic carbocycles. The number of ether oxygens (including phenoxy) is 1. The van der Waals surface area contributed by atoms with Crippen LogP contribution in [-0.4, -0.2) is 35.3 Å². The summed E-state index contributed by atoms with van der Waals surface area (Å²) in [7, 11) is 0. The number of para-hydroxylation sites is 1. The molecule has 0 saturated carbocycles. The van der Waals surface area contributed by atoms with E-state index in [0.717, 1.165) is 0 Å². The molecular weight excluding hydrogens is 230 g/mol. The molecule has 1 aliphatic heterocycles. The van der Waals surface area contributed by atoms with Gasteiger partial charge in [-0.05, 0) is 26.0 Å². The molecule has 0 bridgehead atoms. The highest BCUT2D eigenvalue weighted by molar-refractivity contribution is 5.95. The van der Waals surface area contributed by atoms with Crippen LogP contribution in [0.3, 0.4) is 0 Å². The van der Waals surface area contributed by atoms with Crippen molar-refractivity contribution in [1.29, 1.82) is 0 Å². The van der Waals surface area contributed by atoms with E-state index in [1.54, 1.807) is 30.9 Å². The highest BCUT2D eigenvalue weighted by Crippen LogP contribution is 2.25. The molecule has 1 amide bonds. The van der Waals surface area contributed by atoms with Crippen LogP contribution in [-0.2, 0) is 9.59 Å². The molecule has 1 aromatic rings. The van der Waals surface area contributed by atoms with Crippen molar-refractivity contribution in [3.8, 4) is 5.75 Å². The van der Waals surface area contributed by atoms with Crippen LogP contribution in [0.5, 0.6) is 5.75 Å².